The number of amides is 1. The predicted molar refractivity (Wildman–Crippen MR) is 109 cm³/mol. The van der Waals surface area contributed by atoms with E-state index in [1.54, 1.807) is 31.1 Å². The van der Waals surface area contributed by atoms with Crippen LogP contribution in [0.1, 0.15) is 35.7 Å². The molecule has 0 saturated heterocycles. The SMILES string of the molecule is COc1ccc(-c2noc(CN(C(=O)c3ccc([N+](=O)[O-])c(C)c3)C(C)C)n2)cc1. The lowest BCUT2D eigenvalue weighted by atomic mass is 10.1. The molecule has 3 aromatic rings. The Morgan fingerprint density at radius 1 is 1.23 bits per heavy atom. The number of carbonyl (C=O) groups excluding carboxylic acids is 1. The van der Waals surface area contributed by atoms with Gasteiger partial charge in [0.05, 0.1) is 12.0 Å². The molecule has 30 heavy (non-hydrogen) atoms. The third-order valence-corrected chi connectivity index (χ3v) is 4.65. The van der Waals surface area contributed by atoms with Gasteiger partial charge < -0.3 is 14.2 Å². The van der Waals surface area contributed by atoms with Gasteiger partial charge >= 0.3 is 0 Å². The monoisotopic (exact) mass is 410 g/mol. The van der Waals surface area contributed by atoms with Crippen LogP contribution in [-0.2, 0) is 6.54 Å². The van der Waals surface area contributed by atoms with Crippen LogP contribution in [0.15, 0.2) is 47.0 Å². The molecule has 1 aromatic heterocycles. The quantitative estimate of drug-likeness (QED) is 0.427. The van der Waals surface area contributed by atoms with Gasteiger partial charge in [-0.15, -0.1) is 0 Å². The molecule has 0 bridgehead atoms. The molecule has 9 heteroatoms. The largest absolute Gasteiger partial charge is 0.497 e. The molecule has 0 aliphatic rings. The van der Waals surface area contributed by atoms with Crippen molar-refractivity contribution >= 4 is 11.6 Å². The van der Waals surface area contributed by atoms with E-state index in [2.05, 4.69) is 10.1 Å². The summed E-state index contributed by atoms with van der Waals surface area (Å²) in [5, 5.41) is 15.0. The van der Waals surface area contributed by atoms with Crippen molar-refractivity contribution in [2.75, 3.05) is 7.11 Å². The Morgan fingerprint density at radius 3 is 2.50 bits per heavy atom. The Morgan fingerprint density at radius 2 is 1.93 bits per heavy atom. The second-order valence-corrected chi connectivity index (χ2v) is 7.03. The number of aromatic nitrogens is 2. The average Bonchev–Trinajstić information content (AvgIpc) is 3.19. The first-order chi connectivity index (χ1) is 14.3. The van der Waals surface area contributed by atoms with Gasteiger partial charge in [0.2, 0.25) is 11.7 Å². The van der Waals surface area contributed by atoms with Crippen LogP contribution in [0.4, 0.5) is 5.69 Å². The number of nitrogens with zero attached hydrogens (tertiary/aromatic N) is 4. The number of nitro benzene ring substituents is 1. The fourth-order valence-corrected chi connectivity index (χ4v) is 2.97. The van der Waals surface area contributed by atoms with Crippen LogP contribution in [0, 0.1) is 17.0 Å². The molecule has 156 valence electrons. The number of carbonyl (C=O) groups is 1. The van der Waals surface area contributed by atoms with Gasteiger partial charge in [-0.05, 0) is 57.2 Å². The van der Waals surface area contributed by atoms with Crippen LogP contribution in [-0.4, -0.2) is 39.0 Å². The van der Waals surface area contributed by atoms with Crippen molar-refractivity contribution in [1.29, 1.82) is 0 Å². The van der Waals surface area contributed by atoms with Gasteiger partial charge in [-0.2, -0.15) is 4.98 Å². The summed E-state index contributed by atoms with van der Waals surface area (Å²) in [6.45, 7) is 5.47. The summed E-state index contributed by atoms with van der Waals surface area (Å²) in [7, 11) is 1.59. The van der Waals surface area contributed by atoms with Crippen LogP contribution in [0.25, 0.3) is 11.4 Å². The maximum Gasteiger partial charge on any atom is 0.272 e. The molecule has 9 nitrogen and oxygen atoms in total. The summed E-state index contributed by atoms with van der Waals surface area (Å²) in [6.07, 6.45) is 0. The van der Waals surface area contributed by atoms with Crippen LogP contribution in [0.3, 0.4) is 0 Å². The minimum absolute atomic E-state index is 0.0244. The van der Waals surface area contributed by atoms with E-state index in [4.69, 9.17) is 9.26 Å². The highest BCUT2D eigenvalue weighted by atomic mass is 16.6. The fourth-order valence-electron chi connectivity index (χ4n) is 2.97. The third kappa shape index (κ3) is 4.45. The Balaban J connectivity index is 1.80. The van der Waals surface area contributed by atoms with Crippen molar-refractivity contribution in [3.63, 3.8) is 0 Å². The van der Waals surface area contributed by atoms with Crippen LogP contribution in [0.2, 0.25) is 0 Å². The normalized spacial score (nSPS) is 10.8. The predicted octanol–water partition coefficient (Wildman–Crippen LogP) is 4.01. The number of rotatable bonds is 7. The number of methoxy groups -OCH3 is 1. The number of hydrogen-bond acceptors (Lipinski definition) is 7. The molecule has 0 unspecified atom stereocenters. The van der Waals surface area contributed by atoms with Crippen molar-refractivity contribution in [1.82, 2.24) is 15.0 Å². The molecule has 2 aromatic carbocycles. The van der Waals surface area contributed by atoms with Crippen LogP contribution in [0.5, 0.6) is 5.75 Å². The van der Waals surface area contributed by atoms with Gasteiger partial charge in [0, 0.05) is 28.8 Å². The summed E-state index contributed by atoms with van der Waals surface area (Å²) in [5.41, 5.74) is 1.53. The van der Waals surface area contributed by atoms with E-state index >= 15 is 0 Å². The standard InChI is InChI=1S/C21H22N4O5/c1-13(2)24(21(26)16-7-10-18(25(27)28)14(3)11-16)12-19-22-20(23-30-19)15-5-8-17(29-4)9-6-15/h5-11,13H,12H2,1-4H3. The van der Waals surface area contributed by atoms with Crippen LogP contribution < -0.4 is 4.74 Å². The molecule has 0 radical (unpaired) electrons. The lowest BCUT2D eigenvalue weighted by Gasteiger charge is -2.25. The lowest BCUT2D eigenvalue weighted by molar-refractivity contribution is -0.385. The smallest absolute Gasteiger partial charge is 0.272 e. The number of nitro groups is 1. The summed E-state index contributed by atoms with van der Waals surface area (Å²) < 4.78 is 10.5. The van der Waals surface area contributed by atoms with Crippen molar-refractivity contribution in [2.24, 2.45) is 0 Å². The molecule has 0 spiro atoms. The van der Waals surface area contributed by atoms with E-state index in [1.807, 2.05) is 26.0 Å². The molecular formula is C21H22N4O5. The van der Waals surface area contributed by atoms with Gasteiger partial charge in [0.15, 0.2) is 0 Å². The van der Waals surface area contributed by atoms with Gasteiger partial charge in [-0.25, -0.2) is 0 Å². The van der Waals surface area contributed by atoms with E-state index < -0.39 is 4.92 Å². The topological polar surface area (TPSA) is 112 Å². The maximum absolute atomic E-state index is 13.0. The van der Waals surface area contributed by atoms with E-state index in [0.717, 1.165) is 11.3 Å². The first kappa shape index (κ1) is 21.0. The van der Waals surface area contributed by atoms with E-state index in [1.165, 1.54) is 18.2 Å². The Hall–Kier alpha value is -3.75. The Kier molecular flexibility index (Phi) is 6.10. The summed E-state index contributed by atoms with van der Waals surface area (Å²) in [4.78, 5) is 29.5. The minimum Gasteiger partial charge on any atom is -0.497 e. The molecule has 0 aliphatic heterocycles. The number of ether oxygens (including phenoxy) is 1. The summed E-state index contributed by atoms with van der Waals surface area (Å²) in [6, 6.07) is 11.4. The number of hydrogen-bond donors (Lipinski definition) is 0. The molecule has 1 heterocycles. The third-order valence-electron chi connectivity index (χ3n) is 4.65. The second-order valence-electron chi connectivity index (χ2n) is 7.03. The zero-order valence-electron chi connectivity index (χ0n) is 17.2. The van der Waals surface area contributed by atoms with E-state index in [9.17, 15) is 14.9 Å². The van der Waals surface area contributed by atoms with E-state index in [-0.39, 0.29) is 24.2 Å². The molecular weight excluding hydrogens is 388 g/mol. The molecule has 0 atom stereocenters. The van der Waals surface area contributed by atoms with Crippen LogP contribution >= 0.6 is 0 Å². The average molecular weight is 410 g/mol. The highest BCUT2D eigenvalue weighted by Gasteiger charge is 2.23. The zero-order valence-corrected chi connectivity index (χ0v) is 17.2. The van der Waals surface area contributed by atoms with Crippen molar-refractivity contribution < 1.29 is 19.0 Å². The highest BCUT2D eigenvalue weighted by molar-refractivity contribution is 5.94. The van der Waals surface area contributed by atoms with Gasteiger partial charge in [0.1, 0.15) is 12.3 Å². The van der Waals surface area contributed by atoms with E-state index in [0.29, 0.717) is 22.8 Å². The Bertz CT molecular complexity index is 1060. The first-order valence-electron chi connectivity index (χ1n) is 9.33. The number of aryl methyl sites for hydroxylation is 1. The summed E-state index contributed by atoms with van der Waals surface area (Å²) >= 11 is 0. The zero-order chi connectivity index (χ0) is 21.8. The molecule has 0 N–H and O–H groups in total. The Labute approximate surface area is 173 Å². The first-order valence-corrected chi connectivity index (χ1v) is 9.33. The van der Waals surface area contributed by atoms with Crippen molar-refractivity contribution in [3.8, 4) is 17.1 Å². The minimum atomic E-state index is -0.469. The summed E-state index contributed by atoms with van der Waals surface area (Å²) in [5.74, 6) is 1.15. The molecule has 0 aliphatic carbocycles. The lowest BCUT2D eigenvalue weighted by Crippen LogP contribution is -2.36. The van der Waals surface area contributed by atoms with Gasteiger partial charge in [0.25, 0.3) is 11.6 Å². The maximum atomic E-state index is 13.0. The van der Waals surface area contributed by atoms with Gasteiger partial charge in [-0.1, -0.05) is 5.16 Å². The molecule has 1 amide bonds. The number of benzene rings is 2. The second kappa shape index (κ2) is 8.73. The van der Waals surface area contributed by atoms with Crippen molar-refractivity contribution in [3.05, 3.63) is 69.6 Å². The highest BCUT2D eigenvalue weighted by Crippen LogP contribution is 2.23. The van der Waals surface area contributed by atoms with Crippen molar-refractivity contribution in [2.45, 2.75) is 33.4 Å². The van der Waals surface area contributed by atoms with Gasteiger partial charge in [-0.3, -0.25) is 14.9 Å². The fraction of sp³-hybridized carbons (Fsp3) is 0.286. The molecule has 3 rings (SSSR count). The molecule has 0 saturated carbocycles. The molecule has 0 fully saturated rings.